The fraction of sp³-hybridized carbons (Fsp3) is 0.714. The minimum atomic E-state index is -4.85. The lowest BCUT2D eigenvalue weighted by atomic mass is 10.0. The Morgan fingerprint density at radius 3 is 1.74 bits per heavy atom. The van der Waals surface area contributed by atoms with Crippen molar-refractivity contribution in [2.45, 2.75) is 105 Å². The van der Waals surface area contributed by atoms with E-state index in [2.05, 4.69) is 33.0 Å². The summed E-state index contributed by atoms with van der Waals surface area (Å²) < 4.78 is 38.9. The molecule has 1 saturated heterocycles. The van der Waals surface area contributed by atoms with E-state index in [4.69, 9.17) is 4.74 Å². The highest BCUT2D eigenvalue weighted by atomic mass is 32.2. The fourth-order valence-corrected chi connectivity index (χ4v) is 5.49. The summed E-state index contributed by atoms with van der Waals surface area (Å²) >= 11 is 0. The summed E-state index contributed by atoms with van der Waals surface area (Å²) in [7, 11) is -4.85. The monoisotopic (exact) mass is 555 g/mol. The van der Waals surface area contributed by atoms with E-state index < -0.39 is 34.4 Å². The molecule has 1 fully saturated rings. The van der Waals surface area contributed by atoms with Crippen molar-refractivity contribution in [1.29, 1.82) is 0 Å². The number of hydrogen-bond acceptors (Lipinski definition) is 6. The Balaban J connectivity index is 0.000000391. The molecule has 0 aromatic heterocycles. The number of carbonyl (C=O) groups is 2. The molecule has 1 aliphatic rings. The molecule has 1 aliphatic heterocycles. The number of benzene rings is 1. The van der Waals surface area contributed by atoms with E-state index in [0.717, 1.165) is 5.56 Å². The molecule has 1 N–H and O–H groups in total. The molecule has 0 aliphatic carbocycles. The third-order valence-electron chi connectivity index (χ3n) is 7.01. The molecule has 0 radical (unpaired) electrons. The summed E-state index contributed by atoms with van der Waals surface area (Å²) in [5, 5.41) is 2.23. The second-order valence-corrected chi connectivity index (χ2v) is 11.4. The van der Waals surface area contributed by atoms with Gasteiger partial charge in [-0.3, -0.25) is 4.79 Å². The molecule has 0 unspecified atom stereocenters. The zero-order chi connectivity index (χ0) is 28.6. The maximum atomic E-state index is 11.5. The molecule has 0 spiro atoms. The van der Waals surface area contributed by atoms with Crippen LogP contribution in [-0.4, -0.2) is 72.0 Å². The minimum Gasteiger partial charge on any atom is -0.731 e. The molecule has 218 valence electrons. The summed E-state index contributed by atoms with van der Waals surface area (Å²) in [6.07, 6.45) is 10.2. The Bertz CT molecular complexity index is 888. The van der Waals surface area contributed by atoms with Gasteiger partial charge < -0.3 is 19.1 Å². The second kappa shape index (κ2) is 17.4. The SMILES string of the molecule is CCCC[N+](CCCC)(CCCC)CCCC.C[C@@H]1[C@@H](NC(=O)OCc2ccccc2)C(=O)N1S(=O)(=O)[O-]. The van der Waals surface area contributed by atoms with Crippen LogP contribution < -0.4 is 5.32 Å². The lowest BCUT2D eigenvalue weighted by Gasteiger charge is -2.45. The van der Waals surface area contributed by atoms with Crippen molar-refractivity contribution in [3.05, 3.63) is 35.9 Å². The van der Waals surface area contributed by atoms with Crippen molar-refractivity contribution in [3.8, 4) is 0 Å². The Morgan fingerprint density at radius 2 is 1.37 bits per heavy atom. The zero-order valence-electron chi connectivity index (χ0n) is 24.0. The summed E-state index contributed by atoms with van der Waals surface area (Å²) in [5.74, 6) is -0.964. The van der Waals surface area contributed by atoms with Crippen molar-refractivity contribution < 1.29 is 31.8 Å². The van der Waals surface area contributed by atoms with Crippen LogP contribution in [0.5, 0.6) is 0 Å². The average molecular weight is 556 g/mol. The van der Waals surface area contributed by atoms with Gasteiger partial charge in [0, 0.05) is 0 Å². The van der Waals surface area contributed by atoms with E-state index in [9.17, 15) is 22.6 Å². The summed E-state index contributed by atoms with van der Waals surface area (Å²) in [4.78, 5) is 23.0. The van der Waals surface area contributed by atoms with Crippen LogP contribution in [-0.2, 0) is 26.4 Å². The van der Waals surface area contributed by atoms with Crippen molar-refractivity contribution >= 4 is 22.3 Å². The van der Waals surface area contributed by atoms with Crippen LogP contribution in [0, 0.1) is 0 Å². The highest BCUT2D eigenvalue weighted by Crippen LogP contribution is 2.23. The van der Waals surface area contributed by atoms with Crippen LogP contribution in [0.2, 0.25) is 0 Å². The number of ether oxygens (including phenoxy) is 1. The standard InChI is InChI=1S/C16H36N.C12H14N2O6S/c1-5-9-13-17(14-10-6-2,15-11-7-3)16-12-8-4;1-8-10(11(15)14(8)21(17,18)19)13-12(16)20-7-9-5-3-2-4-6-9/h5-16H2,1-4H3;2-6,8,10H,7H2,1H3,(H,13,16)(H,17,18,19)/q+1;/p-1/t;8-,10-/m.1/s1. The summed E-state index contributed by atoms with van der Waals surface area (Å²) in [5.41, 5.74) is 0.768. The van der Waals surface area contributed by atoms with Gasteiger partial charge in [-0.25, -0.2) is 17.5 Å². The zero-order valence-corrected chi connectivity index (χ0v) is 24.8. The Morgan fingerprint density at radius 1 is 0.921 bits per heavy atom. The number of nitrogens with one attached hydrogen (secondary N) is 1. The molecular weight excluding hydrogens is 506 g/mol. The first-order chi connectivity index (χ1) is 18.0. The van der Waals surface area contributed by atoms with Crippen LogP contribution in [0.3, 0.4) is 0 Å². The third kappa shape index (κ3) is 11.3. The number of carbonyl (C=O) groups excluding carboxylic acids is 2. The van der Waals surface area contributed by atoms with Crippen LogP contribution in [0.15, 0.2) is 30.3 Å². The number of quaternary nitrogens is 1. The predicted octanol–water partition coefficient (Wildman–Crippen LogP) is 4.98. The van der Waals surface area contributed by atoms with Crippen LogP contribution in [0.25, 0.3) is 0 Å². The molecule has 1 aromatic rings. The molecule has 0 saturated carbocycles. The van der Waals surface area contributed by atoms with Crippen LogP contribution in [0.4, 0.5) is 4.79 Å². The molecule has 0 bridgehead atoms. The van der Waals surface area contributed by atoms with Crippen molar-refractivity contribution in [3.63, 3.8) is 0 Å². The van der Waals surface area contributed by atoms with Gasteiger partial charge in [-0.2, -0.15) is 0 Å². The van der Waals surface area contributed by atoms with Crippen LogP contribution >= 0.6 is 0 Å². The molecule has 2 amide bonds. The number of β-lactam (4-membered cyclic amide) rings is 1. The maximum absolute atomic E-state index is 11.5. The van der Waals surface area contributed by atoms with Gasteiger partial charge in [0.15, 0.2) is 10.3 Å². The molecule has 1 aromatic carbocycles. The summed E-state index contributed by atoms with van der Waals surface area (Å²) in [6.45, 7) is 16.4. The van der Waals surface area contributed by atoms with E-state index in [1.165, 1.54) is 89.0 Å². The quantitative estimate of drug-likeness (QED) is 0.175. The van der Waals surface area contributed by atoms with E-state index in [0.29, 0.717) is 0 Å². The average Bonchev–Trinajstić information content (AvgIpc) is 2.90. The number of alkyl carbamates (subject to hydrolysis) is 1. The lowest BCUT2D eigenvalue weighted by Crippen LogP contribution is -2.70. The Labute approximate surface area is 230 Å². The van der Waals surface area contributed by atoms with E-state index in [1.807, 2.05) is 6.07 Å². The first kappa shape index (κ1) is 33.9. The first-order valence-corrected chi connectivity index (χ1v) is 15.5. The summed E-state index contributed by atoms with van der Waals surface area (Å²) in [6, 6.07) is 6.90. The van der Waals surface area contributed by atoms with Gasteiger partial charge >= 0.3 is 6.09 Å². The third-order valence-corrected chi connectivity index (χ3v) is 8.00. The Kier molecular flexibility index (Phi) is 15.5. The van der Waals surface area contributed by atoms with Crippen molar-refractivity contribution in [2.24, 2.45) is 0 Å². The second-order valence-electron chi connectivity index (χ2n) is 10.2. The topological polar surface area (TPSA) is 116 Å². The molecule has 2 atom stereocenters. The molecule has 38 heavy (non-hydrogen) atoms. The predicted molar refractivity (Wildman–Crippen MR) is 149 cm³/mol. The number of nitrogens with zero attached hydrogens (tertiary/aromatic N) is 2. The fourth-order valence-electron chi connectivity index (χ4n) is 4.63. The van der Waals surface area contributed by atoms with Gasteiger partial charge in [0.1, 0.15) is 12.6 Å². The maximum Gasteiger partial charge on any atom is 0.408 e. The van der Waals surface area contributed by atoms with Crippen molar-refractivity contribution in [2.75, 3.05) is 26.2 Å². The van der Waals surface area contributed by atoms with E-state index >= 15 is 0 Å². The van der Waals surface area contributed by atoms with Gasteiger partial charge in [-0.05, 0) is 38.2 Å². The highest BCUT2D eigenvalue weighted by molar-refractivity contribution is 7.84. The van der Waals surface area contributed by atoms with Crippen LogP contribution in [0.1, 0.15) is 91.5 Å². The van der Waals surface area contributed by atoms with Gasteiger partial charge in [-0.15, -0.1) is 0 Å². The van der Waals surface area contributed by atoms with Gasteiger partial charge in [0.25, 0.3) is 5.91 Å². The molecule has 1 heterocycles. The first-order valence-electron chi connectivity index (χ1n) is 14.2. The van der Waals surface area contributed by atoms with Gasteiger partial charge in [0.05, 0.1) is 32.2 Å². The minimum absolute atomic E-state index is 0.0194. The highest BCUT2D eigenvalue weighted by Gasteiger charge is 2.49. The largest absolute Gasteiger partial charge is 0.731 e. The van der Waals surface area contributed by atoms with Crippen molar-refractivity contribution in [1.82, 2.24) is 9.62 Å². The number of unbranched alkanes of at least 4 members (excludes halogenated alkanes) is 4. The molecular formula is C28H49N3O6S. The smallest absolute Gasteiger partial charge is 0.408 e. The number of amides is 2. The molecule has 10 heteroatoms. The molecule has 9 nitrogen and oxygen atoms in total. The lowest BCUT2D eigenvalue weighted by molar-refractivity contribution is -0.929. The van der Waals surface area contributed by atoms with E-state index in [-0.39, 0.29) is 10.9 Å². The van der Waals surface area contributed by atoms with Gasteiger partial charge in [0.2, 0.25) is 0 Å². The number of hydrogen-bond donors (Lipinski definition) is 1. The number of rotatable bonds is 16. The Hall–Kier alpha value is -2.17. The molecule has 2 rings (SSSR count). The van der Waals surface area contributed by atoms with E-state index in [1.54, 1.807) is 24.3 Å². The normalized spacial score (nSPS) is 17.3. The van der Waals surface area contributed by atoms with Gasteiger partial charge in [-0.1, -0.05) is 83.7 Å².